The first-order valence-electron chi connectivity index (χ1n) is 3.09. The number of hydrogen-bond acceptors (Lipinski definition) is 3. The van der Waals surface area contributed by atoms with Crippen LogP contribution in [0.1, 0.15) is 13.3 Å². The molecule has 0 saturated carbocycles. The van der Waals surface area contributed by atoms with E-state index in [1.54, 1.807) is 6.08 Å². The second kappa shape index (κ2) is 5.50. The molecule has 0 aromatic heterocycles. The van der Waals surface area contributed by atoms with E-state index in [1.165, 1.54) is 6.92 Å². The highest BCUT2D eigenvalue weighted by Gasteiger charge is 2.02. The molecule has 0 aliphatic rings. The van der Waals surface area contributed by atoms with E-state index in [-0.39, 0.29) is 5.12 Å². The van der Waals surface area contributed by atoms with Crippen LogP contribution >= 0.6 is 11.8 Å². The Morgan fingerprint density at radius 3 is 2.90 bits per heavy atom. The van der Waals surface area contributed by atoms with E-state index >= 15 is 0 Å². The topological polar surface area (TPSA) is 37.3 Å². The molecule has 0 bridgehead atoms. The number of aliphatic hydroxyl groups excluding tert-OH is 1. The summed E-state index contributed by atoms with van der Waals surface area (Å²) in [4.78, 5) is 10.4. The van der Waals surface area contributed by atoms with Crippen LogP contribution in [-0.2, 0) is 4.79 Å². The van der Waals surface area contributed by atoms with Crippen molar-refractivity contribution in [1.82, 2.24) is 0 Å². The van der Waals surface area contributed by atoms with Crippen LogP contribution < -0.4 is 0 Å². The highest BCUT2D eigenvalue weighted by molar-refractivity contribution is 8.13. The first-order chi connectivity index (χ1) is 4.66. The Kier molecular flexibility index (Phi) is 5.35. The maximum absolute atomic E-state index is 10.4. The zero-order chi connectivity index (χ0) is 7.98. The predicted molar refractivity (Wildman–Crippen MR) is 44.0 cm³/mol. The van der Waals surface area contributed by atoms with E-state index in [2.05, 4.69) is 6.58 Å². The molecule has 0 aromatic carbocycles. The van der Waals surface area contributed by atoms with Crippen molar-refractivity contribution in [3.05, 3.63) is 12.7 Å². The summed E-state index contributed by atoms with van der Waals surface area (Å²) in [5.74, 6) is 0.474. The van der Waals surface area contributed by atoms with Crippen LogP contribution in [0.5, 0.6) is 0 Å². The van der Waals surface area contributed by atoms with Crippen LogP contribution in [-0.4, -0.2) is 22.1 Å². The van der Waals surface area contributed by atoms with Gasteiger partial charge in [-0.3, -0.25) is 4.79 Å². The largest absolute Gasteiger partial charge is 0.392 e. The first kappa shape index (κ1) is 9.72. The Bertz CT molecular complexity index is 123. The van der Waals surface area contributed by atoms with Gasteiger partial charge in [0.05, 0.1) is 6.10 Å². The van der Waals surface area contributed by atoms with E-state index in [1.807, 2.05) is 0 Å². The van der Waals surface area contributed by atoms with Gasteiger partial charge in [0.15, 0.2) is 5.12 Å². The fourth-order valence-corrected chi connectivity index (χ4v) is 1.04. The van der Waals surface area contributed by atoms with Crippen molar-refractivity contribution < 1.29 is 9.90 Å². The first-order valence-corrected chi connectivity index (χ1v) is 4.07. The minimum atomic E-state index is -0.425. The standard InChI is InChI=1S/C7H12O2S/c1-3-4-7(9)5-10-6(2)8/h3,7,9H,1,4-5H2,2H3/t7-/m1/s1. The number of thioether (sulfide) groups is 1. The second-order valence-corrected chi connectivity index (χ2v) is 3.18. The Hall–Kier alpha value is -0.280. The van der Waals surface area contributed by atoms with Crippen molar-refractivity contribution in [3.63, 3.8) is 0 Å². The average Bonchev–Trinajstić information content (AvgIpc) is 1.85. The van der Waals surface area contributed by atoms with Crippen LogP contribution in [0, 0.1) is 0 Å². The highest BCUT2D eigenvalue weighted by Crippen LogP contribution is 2.05. The van der Waals surface area contributed by atoms with Gasteiger partial charge in [0.1, 0.15) is 0 Å². The van der Waals surface area contributed by atoms with Gasteiger partial charge >= 0.3 is 0 Å². The van der Waals surface area contributed by atoms with Gasteiger partial charge in [-0.15, -0.1) is 6.58 Å². The van der Waals surface area contributed by atoms with Crippen molar-refractivity contribution in [2.75, 3.05) is 5.75 Å². The van der Waals surface area contributed by atoms with Crippen molar-refractivity contribution in [2.45, 2.75) is 19.4 Å². The number of hydrogen-bond donors (Lipinski definition) is 1. The van der Waals surface area contributed by atoms with Gasteiger partial charge in [-0.2, -0.15) is 0 Å². The lowest BCUT2D eigenvalue weighted by molar-refractivity contribution is -0.109. The number of rotatable bonds is 4. The van der Waals surface area contributed by atoms with Crippen molar-refractivity contribution in [3.8, 4) is 0 Å². The maximum Gasteiger partial charge on any atom is 0.185 e. The van der Waals surface area contributed by atoms with Gasteiger partial charge in [-0.05, 0) is 6.42 Å². The molecule has 0 unspecified atom stereocenters. The molecule has 0 heterocycles. The summed E-state index contributed by atoms with van der Waals surface area (Å²) in [6.07, 6.45) is 1.78. The van der Waals surface area contributed by atoms with Crippen LogP contribution in [0.4, 0.5) is 0 Å². The molecule has 0 rings (SSSR count). The number of carbonyl (C=O) groups excluding carboxylic acids is 1. The molecule has 58 valence electrons. The van der Waals surface area contributed by atoms with Crippen molar-refractivity contribution in [2.24, 2.45) is 0 Å². The van der Waals surface area contributed by atoms with E-state index in [9.17, 15) is 4.79 Å². The van der Waals surface area contributed by atoms with Gasteiger partial charge in [0.25, 0.3) is 0 Å². The Balaban J connectivity index is 3.29. The van der Waals surface area contributed by atoms with Gasteiger partial charge in [0.2, 0.25) is 0 Å². The molecular weight excluding hydrogens is 148 g/mol. The summed E-state index contributed by atoms with van der Waals surface area (Å²) in [5.41, 5.74) is 0. The van der Waals surface area contributed by atoms with E-state index in [0.29, 0.717) is 12.2 Å². The van der Waals surface area contributed by atoms with Gasteiger partial charge in [-0.1, -0.05) is 17.8 Å². The molecule has 10 heavy (non-hydrogen) atoms. The van der Waals surface area contributed by atoms with Crippen LogP contribution in [0.2, 0.25) is 0 Å². The monoisotopic (exact) mass is 160 g/mol. The van der Waals surface area contributed by atoms with E-state index in [0.717, 1.165) is 11.8 Å². The van der Waals surface area contributed by atoms with Gasteiger partial charge in [-0.25, -0.2) is 0 Å². The van der Waals surface area contributed by atoms with Crippen LogP contribution in [0.15, 0.2) is 12.7 Å². The minimum absolute atomic E-state index is 0.0445. The zero-order valence-corrected chi connectivity index (χ0v) is 6.86. The molecule has 3 heteroatoms. The molecule has 0 spiro atoms. The summed E-state index contributed by atoms with van der Waals surface area (Å²) in [6, 6.07) is 0. The molecule has 0 amide bonds. The third-order valence-electron chi connectivity index (χ3n) is 0.918. The Morgan fingerprint density at radius 2 is 2.50 bits per heavy atom. The number of aliphatic hydroxyl groups is 1. The third kappa shape index (κ3) is 5.85. The fraction of sp³-hybridized carbons (Fsp3) is 0.571. The summed E-state index contributed by atoms with van der Waals surface area (Å²) >= 11 is 1.14. The second-order valence-electron chi connectivity index (χ2n) is 1.98. The Labute approximate surface area is 65.3 Å². The molecule has 0 aliphatic carbocycles. The molecular formula is C7H12O2S. The summed E-state index contributed by atoms with van der Waals surface area (Å²) < 4.78 is 0. The lowest BCUT2D eigenvalue weighted by Crippen LogP contribution is -2.09. The smallest absolute Gasteiger partial charge is 0.185 e. The summed E-state index contributed by atoms with van der Waals surface area (Å²) in [7, 11) is 0. The zero-order valence-electron chi connectivity index (χ0n) is 6.04. The van der Waals surface area contributed by atoms with Crippen molar-refractivity contribution in [1.29, 1.82) is 0 Å². The van der Waals surface area contributed by atoms with E-state index in [4.69, 9.17) is 5.11 Å². The third-order valence-corrected chi connectivity index (χ3v) is 1.88. The van der Waals surface area contributed by atoms with E-state index < -0.39 is 6.10 Å². The lowest BCUT2D eigenvalue weighted by Gasteiger charge is -2.03. The van der Waals surface area contributed by atoms with Crippen molar-refractivity contribution >= 4 is 16.9 Å². The van der Waals surface area contributed by atoms with Gasteiger partial charge < -0.3 is 5.11 Å². The molecule has 1 N–H and O–H groups in total. The molecule has 0 aromatic rings. The summed E-state index contributed by atoms with van der Waals surface area (Å²) in [5, 5.41) is 9.10. The lowest BCUT2D eigenvalue weighted by atomic mass is 10.3. The quantitative estimate of drug-likeness (QED) is 0.628. The molecule has 0 radical (unpaired) electrons. The van der Waals surface area contributed by atoms with Crippen LogP contribution in [0.25, 0.3) is 0 Å². The van der Waals surface area contributed by atoms with Crippen LogP contribution in [0.3, 0.4) is 0 Å². The molecule has 1 atom stereocenters. The Morgan fingerprint density at radius 1 is 1.90 bits per heavy atom. The minimum Gasteiger partial charge on any atom is -0.392 e. The molecule has 0 fully saturated rings. The molecule has 0 aliphatic heterocycles. The molecule has 0 saturated heterocycles. The predicted octanol–water partition coefficient (Wildman–Crippen LogP) is 1.20. The number of carbonyl (C=O) groups is 1. The fourth-order valence-electron chi connectivity index (χ4n) is 0.474. The normalized spacial score (nSPS) is 12.6. The highest BCUT2D eigenvalue weighted by atomic mass is 32.2. The average molecular weight is 160 g/mol. The SMILES string of the molecule is C=CC[C@@H](O)CSC(C)=O. The van der Waals surface area contributed by atoms with Gasteiger partial charge in [0, 0.05) is 12.7 Å². The summed E-state index contributed by atoms with van der Waals surface area (Å²) in [6.45, 7) is 4.96. The maximum atomic E-state index is 10.4. The molecule has 2 nitrogen and oxygen atoms in total.